The number of carbonyl (C=O) groups excluding carboxylic acids is 1. The number of aryl methyl sites for hydroxylation is 1. The van der Waals surface area contributed by atoms with E-state index in [0.717, 1.165) is 42.8 Å². The molecule has 1 fully saturated rings. The van der Waals surface area contributed by atoms with Gasteiger partial charge in [-0.15, -0.1) is 11.3 Å². The zero-order chi connectivity index (χ0) is 16.8. The average Bonchev–Trinajstić information content (AvgIpc) is 2.84. The lowest BCUT2D eigenvalue weighted by Crippen LogP contribution is -2.47. The Labute approximate surface area is 140 Å². The Bertz CT molecular complexity index is 643. The van der Waals surface area contributed by atoms with Crippen LogP contribution in [0.15, 0.2) is 0 Å². The second-order valence-electron chi connectivity index (χ2n) is 7.45. The Balaban J connectivity index is 1.95. The Hall–Kier alpha value is -1.40. The number of carboxylic acids is 1. The lowest BCUT2D eigenvalue weighted by Gasteiger charge is -2.32. The van der Waals surface area contributed by atoms with E-state index < -0.39 is 5.97 Å². The molecule has 2 heterocycles. The Kier molecular flexibility index (Phi) is 4.23. The molecule has 1 aliphatic carbocycles. The molecule has 3 rings (SSSR count). The highest BCUT2D eigenvalue weighted by molar-refractivity contribution is 7.14. The van der Waals surface area contributed by atoms with Crippen LogP contribution in [-0.2, 0) is 12.8 Å². The number of piperazine rings is 1. The number of rotatable bonds is 2. The second-order valence-corrected chi connectivity index (χ2v) is 8.55. The van der Waals surface area contributed by atoms with Gasteiger partial charge in [0, 0.05) is 31.1 Å². The van der Waals surface area contributed by atoms with E-state index in [2.05, 4.69) is 18.7 Å². The van der Waals surface area contributed by atoms with Gasteiger partial charge in [-0.2, -0.15) is 0 Å². The Morgan fingerprint density at radius 1 is 1.17 bits per heavy atom. The van der Waals surface area contributed by atoms with Crippen molar-refractivity contribution in [2.75, 3.05) is 33.2 Å². The lowest BCUT2D eigenvalue weighted by molar-refractivity contribution is 0.0639. The van der Waals surface area contributed by atoms with Gasteiger partial charge in [0.2, 0.25) is 0 Å². The normalized spacial score (nSPS) is 21.1. The summed E-state index contributed by atoms with van der Waals surface area (Å²) < 4.78 is 0. The maximum atomic E-state index is 12.9. The van der Waals surface area contributed by atoms with Crippen LogP contribution < -0.4 is 0 Å². The van der Waals surface area contributed by atoms with Crippen LogP contribution in [0.2, 0.25) is 0 Å². The molecule has 1 amide bonds. The van der Waals surface area contributed by atoms with Gasteiger partial charge in [0.1, 0.15) is 4.88 Å². The first kappa shape index (κ1) is 16.5. The molecular formula is C17H24N2O3S. The van der Waals surface area contributed by atoms with Crippen molar-refractivity contribution in [1.82, 2.24) is 9.80 Å². The smallest absolute Gasteiger partial charge is 0.337 e. The topological polar surface area (TPSA) is 60.9 Å². The summed E-state index contributed by atoms with van der Waals surface area (Å²) in [6.07, 6.45) is 2.67. The molecule has 2 aliphatic rings. The summed E-state index contributed by atoms with van der Waals surface area (Å²) in [5, 5.41) is 9.70. The molecule has 0 atom stereocenters. The summed E-state index contributed by atoms with van der Waals surface area (Å²) >= 11 is 1.41. The molecule has 1 aliphatic heterocycles. The molecule has 23 heavy (non-hydrogen) atoms. The van der Waals surface area contributed by atoms with E-state index in [1.165, 1.54) is 11.3 Å². The largest absolute Gasteiger partial charge is 0.478 e. The van der Waals surface area contributed by atoms with Crippen LogP contribution in [0.4, 0.5) is 0 Å². The van der Waals surface area contributed by atoms with E-state index in [9.17, 15) is 14.7 Å². The number of carbonyl (C=O) groups is 2. The highest BCUT2D eigenvalue weighted by atomic mass is 32.1. The third kappa shape index (κ3) is 3.15. The molecule has 5 nitrogen and oxygen atoms in total. The predicted octanol–water partition coefficient (Wildman–Crippen LogP) is 2.35. The molecule has 126 valence electrons. The van der Waals surface area contributed by atoms with E-state index in [1.807, 2.05) is 7.05 Å². The van der Waals surface area contributed by atoms with Gasteiger partial charge in [0.05, 0.1) is 5.56 Å². The van der Waals surface area contributed by atoms with Crippen molar-refractivity contribution in [2.45, 2.75) is 33.1 Å². The first-order valence-corrected chi connectivity index (χ1v) is 8.96. The molecule has 0 saturated carbocycles. The molecule has 0 radical (unpaired) electrons. The lowest BCUT2D eigenvalue weighted by atomic mass is 9.76. The molecule has 0 bridgehead atoms. The Morgan fingerprint density at radius 3 is 2.43 bits per heavy atom. The van der Waals surface area contributed by atoms with Crippen LogP contribution in [0.5, 0.6) is 0 Å². The molecule has 0 spiro atoms. The summed E-state index contributed by atoms with van der Waals surface area (Å²) in [5.41, 5.74) is 1.27. The summed E-state index contributed by atoms with van der Waals surface area (Å²) in [7, 11) is 2.04. The van der Waals surface area contributed by atoms with Crippen molar-refractivity contribution in [3.05, 3.63) is 20.9 Å². The van der Waals surface area contributed by atoms with Crippen molar-refractivity contribution in [2.24, 2.45) is 5.41 Å². The fourth-order valence-electron chi connectivity index (χ4n) is 3.45. The number of hydrogen-bond donors (Lipinski definition) is 1. The molecule has 0 aromatic carbocycles. The number of fused-ring (bicyclic) bond motifs is 1. The highest BCUT2D eigenvalue weighted by Gasteiger charge is 2.35. The molecular weight excluding hydrogens is 312 g/mol. The first-order chi connectivity index (χ1) is 10.8. The van der Waals surface area contributed by atoms with Crippen LogP contribution in [-0.4, -0.2) is 60.0 Å². The fourth-order valence-corrected chi connectivity index (χ4v) is 4.73. The number of aromatic carboxylic acids is 1. The monoisotopic (exact) mass is 336 g/mol. The number of hydrogen-bond acceptors (Lipinski definition) is 4. The Morgan fingerprint density at radius 2 is 1.83 bits per heavy atom. The second kappa shape index (κ2) is 5.91. The number of nitrogens with zero attached hydrogens (tertiary/aromatic N) is 2. The van der Waals surface area contributed by atoms with Crippen LogP contribution in [0.25, 0.3) is 0 Å². The van der Waals surface area contributed by atoms with E-state index >= 15 is 0 Å². The van der Waals surface area contributed by atoms with Crippen molar-refractivity contribution in [1.29, 1.82) is 0 Å². The van der Waals surface area contributed by atoms with Crippen LogP contribution >= 0.6 is 11.3 Å². The molecule has 0 unspecified atom stereocenters. The highest BCUT2D eigenvalue weighted by Crippen LogP contribution is 2.42. The number of likely N-dealkylation sites (N-methyl/N-ethyl adjacent to an activating group) is 1. The molecule has 1 saturated heterocycles. The third-order valence-electron chi connectivity index (χ3n) is 4.97. The van der Waals surface area contributed by atoms with Gasteiger partial charge in [0.15, 0.2) is 0 Å². The average molecular weight is 336 g/mol. The minimum Gasteiger partial charge on any atom is -0.478 e. The first-order valence-electron chi connectivity index (χ1n) is 8.14. The quantitative estimate of drug-likeness (QED) is 0.900. The number of carboxylic acid groups (broad SMARTS) is 1. The van der Waals surface area contributed by atoms with Gasteiger partial charge >= 0.3 is 5.97 Å². The summed E-state index contributed by atoms with van der Waals surface area (Å²) in [6, 6.07) is 0. The molecule has 1 aromatic rings. The van der Waals surface area contributed by atoms with E-state index in [0.29, 0.717) is 18.0 Å². The van der Waals surface area contributed by atoms with Crippen LogP contribution in [0, 0.1) is 5.41 Å². The van der Waals surface area contributed by atoms with Gasteiger partial charge < -0.3 is 14.9 Å². The number of amides is 1. The van der Waals surface area contributed by atoms with E-state index in [1.54, 1.807) is 4.90 Å². The standard InChI is InChI=1S/C17H24N2O3S/c1-17(2)5-4-12-11(10-17)13(16(21)22)14(23-12)15(20)19-8-6-18(3)7-9-19/h4-10H2,1-3H3,(H,21,22). The van der Waals surface area contributed by atoms with Gasteiger partial charge in [-0.05, 0) is 37.3 Å². The number of thiophene rings is 1. The zero-order valence-corrected chi connectivity index (χ0v) is 14.8. The maximum Gasteiger partial charge on any atom is 0.337 e. The van der Waals surface area contributed by atoms with E-state index in [4.69, 9.17) is 0 Å². The molecule has 1 N–H and O–H groups in total. The van der Waals surface area contributed by atoms with Gasteiger partial charge in [-0.1, -0.05) is 13.8 Å². The maximum absolute atomic E-state index is 12.9. The summed E-state index contributed by atoms with van der Waals surface area (Å²) in [4.78, 5) is 30.2. The third-order valence-corrected chi connectivity index (χ3v) is 6.25. The van der Waals surface area contributed by atoms with Crippen molar-refractivity contribution >= 4 is 23.2 Å². The van der Waals surface area contributed by atoms with Gasteiger partial charge in [-0.25, -0.2) is 4.79 Å². The predicted molar refractivity (Wildman–Crippen MR) is 90.5 cm³/mol. The minimum absolute atomic E-state index is 0.104. The van der Waals surface area contributed by atoms with Gasteiger partial charge in [-0.3, -0.25) is 4.79 Å². The van der Waals surface area contributed by atoms with E-state index in [-0.39, 0.29) is 16.9 Å². The van der Waals surface area contributed by atoms with Crippen molar-refractivity contribution < 1.29 is 14.7 Å². The van der Waals surface area contributed by atoms with Crippen molar-refractivity contribution in [3.8, 4) is 0 Å². The van der Waals surface area contributed by atoms with Crippen LogP contribution in [0.1, 0.15) is 50.7 Å². The summed E-state index contributed by atoms with van der Waals surface area (Å²) in [6.45, 7) is 7.35. The summed E-state index contributed by atoms with van der Waals surface area (Å²) in [5.74, 6) is -1.06. The molecule has 1 aromatic heterocycles. The fraction of sp³-hybridized carbons (Fsp3) is 0.647. The van der Waals surface area contributed by atoms with Crippen LogP contribution in [0.3, 0.4) is 0 Å². The van der Waals surface area contributed by atoms with Gasteiger partial charge in [0.25, 0.3) is 5.91 Å². The molecule has 6 heteroatoms. The minimum atomic E-state index is -0.960. The zero-order valence-electron chi connectivity index (χ0n) is 14.0. The van der Waals surface area contributed by atoms with Crippen molar-refractivity contribution in [3.63, 3.8) is 0 Å². The SMILES string of the molecule is CN1CCN(C(=O)c2sc3c(c2C(=O)O)CC(C)(C)CC3)CC1.